The lowest BCUT2D eigenvalue weighted by atomic mass is 10.1. The lowest BCUT2D eigenvalue weighted by Crippen LogP contribution is -2.06. The van der Waals surface area contributed by atoms with E-state index in [2.05, 4.69) is 10.6 Å². The van der Waals surface area contributed by atoms with E-state index in [1.165, 1.54) is 0 Å². The van der Waals surface area contributed by atoms with Crippen molar-refractivity contribution in [2.75, 3.05) is 20.0 Å². The maximum atomic E-state index is 10.7. The molecule has 92 valence electrons. The van der Waals surface area contributed by atoms with E-state index < -0.39 is 5.97 Å². The third kappa shape index (κ3) is 4.13. The summed E-state index contributed by atoms with van der Waals surface area (Å²) in [6.45, 7) is 0. The van der Waals surface area contributed by atoms with Gasteiger partial charge in [-0.2, -0.15) is 0 Å². The van der Waals surface area contributed by atoms with Crippen molar-refractivity contribution >= 4 is 23.4 Å². The topological polar surface area (TPSA) is 61.4 Å². The van der Waals surface area contributed by atoms with Crippen molar-refractivity contribution in [2.45, 2.75) is 0 Å². The lowest BCUT2D eigenvalue weighted by molar-refractivity contribution is 0.0697. The van der Waals surface area contributed by atoms with Gasteiger partial charge < -0.3 is 15.7 Å². The fraction of sp³-hybridized carbons (Fsp3) is 0.250. The smallest absolute Gasteiger partial charge is 0.335 e. The zero-order chi connectivity index (χ0) is 12.7. The summed E-state index contributed by atoms with van der Waals surface area (Å²) in [5.41, 5.74) is 2.25. The summed E-state index contributed by atoms with van der Waals surface area (Å²) >= 11 is 1.64. The Morgan fingerprint density at radius 2 is 1.88 bits per heavy atom. The monoisotopic (exact) mass is 252 g/mol. The molecule has 5 heteroatoms. The number of carboxylic acid groups (broad SMARTS) is 1. The number of carboxylic acids is 1. The fourth-order valence-electron chi connectivity index (χ4n) is 1.27. The molecule has 0 radical (unpaired) electrons. The summed E-state index contributed by atoms with van der Waals surface area (Å²) in [6.07, 6.45) is 0. The molecule has 0 spiro atoms. The van der Waals surface area contributed by atoms with Crippen LogP contribution in [-0.2, 0) is 0 Å². The number of rotatable bonds is 6. The Morgan fingerprint density at radius 1 is 1.29 bits per heavy atom. The van der Waals surface area contributed by atoms with Gasteiger partial charge in [-0.1, -0.05) is 12.1 Å². The zero-order valence-corrected chi connectivity index (χ0v) is 10.7. The molecule has 0 aliphatic carbocycles. The van der Waals surface area contributed by atoms with Crippen LogP contribution in [0.15, 0.2) is 29.7 Å². The first-order valence-corrected chi connectivity index (χ1v) is 6.21. The highest BCUT2D eigenvalue weighted by Crippen LogP contribution is 2.16. The molecule has 1 aromatic rings. The summed E-state index contributed by atoms with van der Waals surface area (Å²) in [5, 5.41) is 16.9. The highest BCUT2D eigenvalue weighted by Gasteiger charge is 2.03. The van der Waals surface area contributed by atoms with Gasteiger partial charge in [-0.15, -0.1) is 11.8 Å². The molecule has 0 bridgehead atoms. The molecular weight excluding hydrogens is 236 g/mol. The molecule has 0 saturated heterocycles. The van der Waals surface area contributed by atoms with Gasteiger partial charge in [0.1, 0.15) is 0 Å². The Hall–Kier alpha value is -1.46. The molecule has 0 aliphatic heterocycles. The fourth-order valence-corrected chi connectivity index (χ4v) is 1.94. The van der Waals surface area contributed by atoms with Crippen LogP contribution in [-0.4, -0.2) is 31.0 Å². The number of carbonyl (C=O) groups is 1. The summed E-state index contributed by atoms with van der Waals surface area (Å²) in [5.74, 6) is -0.0747. The molecule has 1 aromatic carbocycles. The van der Waals surface area contributed by atoms with Crippen LogP contribution in [0.2, 0.25) is 0 Å². The normalized spacial score (nSPS) is 11.3. The van der Waals surface area contributed by atoms with Gasteiger partial charge >= 0.3 is 5.97 Å². The minimum Gasteiger partial charge on any atom is -0.478 e. The van der Waals surface area contributed by atoms with Crippen molar-refractivity contribution in [3.63, 3.8) is 0 Å². The van der Waals surface area contributed by atoms with Gasteiger partial charge in [-0.3, -0.25) is 0 Å². The predicted molar refractivity (Wildman–Crippen MR) is 72.0 cm³/mol. The van der Waals surface area contributed by atoms with Crippen molar-refractivity contribution in [3.8, 4) is 0 Å². The second kappa shape index (κ2) is 6.98. The highest BCUT2D eigenvalue weighted by atomic mass is 32.2. The van der Waals surface area contributed by atoms with Crippen LogP contribution in [0.4, 0.5) is 0 Å². The van der Waals surface area contributed by atoms with Crippen LogP contribution in [0.5, 0.6) is 0 Å². The van der Waals surface area contributed by atoms with Crippen LogP contribution in [0.1, 0.15) is 15.9 Å². The van der Waals surface area contributed by atoms with Crippen molar-refractivity contribution in [2.24, 2.45) is 0 Å². The summed E-state index contributed by atoms with van der Waals surface area (Å²) in [7, 11) is 3.73. The van der Waals surface area contributed by atoms with Crippen LogP contribution in [0.25, 0.3) is 5.70 Å². The molecule has 0 fully saturated rings. The standard InChI is InChI=1S/C12H16N2O2S/c1-13-8-17-7-11(14-2)9-3-5-10(6-4-9)12(15)16/h3-7,13-14H,8H2,1-2H3,(H,15,16)/b11-7-. The van der Waals surface area contributed by atoms with Crippen molar-refractivity contribution in [1.82, 2.24) is 10.6 Å². The van der Waals surface area contributed by atoms with Gasteiger partial charge in [0.15, 0.2) is 0 Å². The zero-order valence-electron chi connectivity index (χ0n) is 9.86. The predicted octanol–water partition coefficient (Wildman–Crippen LogP) is 1.81. The number of hydrogen-bond donors (Lipinski definition) is 3. The molecular formula is C12H16N2O2S. The molecule has 4 nitrogen and oxygen atoms in total. The molecule has 3 N–H and O–H groups in total. The van der Waals surface area contributed by atoms with E-state index in [9.17, 15) is 4.79 Å². The van der Waals surface area contributed by atoms with Crippen molar-refractivity contribution in [3.05, 3.63) is 40.8 Å². The summed E-state index contributed by atoms with van der Waals surface area (Å²) < 4.78 is 0. The maximum absolute atomic E-state index is 10.7. The van der Waals surface area contributed by atoms with Gasteiger partial charge in [-0.05, 0) is 30.2 Å². The van der Waals surface area contributed by atoms with E-state index in [0.717, 1.165) is 17.1 Å². The molecule has 0 amide bonds. The third-order valence-corrected chi connectivity index (χ3v) is 3.00. The first-order chi connectivity index (χ1) is 8.19. The summed E-state index contributed by atoms with van der Waals surface area (Å²) in [4.78, 5) is 10.7. The average molecular weight is 252 g/mol. The largest absolute Gasteiger partial charge is 0.478 e. The SMILES string of the molecule is CNCS/C=C(\NC)c1ccc(C(=O)O)cc1. The van der Waals surface area contributed by atoms with Crippen LogP contribution in [0.3, 0.4) is 0 Å². The Kier molecular flexibility index (Phi) is 5.59. The Morgan fingerprint density at radius 3 is 2.35 bits per heavy atom. The van der Waals surface area contributed by atoms with Gasteiger partial charge in [0.25, 0.3) is 0 Å². The van der Waals surface area contributed by atoms with Crippen molar-refractivity contribution < 1.29 is 9.90 Å². The number of nitrogens with one attached hydrogen (secondary N) is 2. The van der Waals surface area contributed by atoms with Crippen LogP contribution in [0, 0.1) is 0 Å². The number of benzene rings is 1. The van der Waals surface area contributed by atoms with E-state index in [-0.39, 0.29) is 0 Å². The molecule has 1 rings (SSSR count). The minimum atomic E-state index is -0.906. The lowest BCUT2D eigenvalue weighted by Gasteiger charge is -2.07. The van der Waals surface area contributed by atoms with Crippen LogP contribution < -0.4 is 10.6 Å². The van der Waals surface area contributed by atoms with E-state index in [1.54, 1.807) is 36.0 Å². The van der Waals surface area contributed by atoms with E-state index in [0.29, 0.717) is 5.56 Å². The first-order valence-electron chi connectivity index (χ1n) is 5.17. The van der Waals surface area contributed by atoms with Gasteiger partial charge in [-0.25, -0.2) is 4.79 Å². The van der Waals surface area contributed by atoms with Crippen LogP contribution >= 0.6 is 11.8 Å². The van der Waals surface area contributed by atoms with Crippen molar-refractivity contribution in [1.29, 1.82) is 0 Å². The Balaban J connectivity index is 2.82. The van der Waals surface area contributed by atoms with E-state index in [4.69, 9.17) is 5.11 Å². The molecule has 0 unspecified atom stereocenters. The first kappa shape index (κ1) is 13.6. The van der Waals surface area contributed by atoms with E-state index in [1.807, 2.05) is 19.5 Å². The molecule has 0 atom stereocenters. The molecule has 17 heavy (non-hydrogen) atoms. The molecule has 0 saturated carbocycles. The highest BCUT2D eigenvalue weighted by molar-refractivity contribution is 8.02. The second-order valence-corrected chi connectivity index (χ2v) is 4.19. The number of thioether (sulfide) groups is 1. The van der Waals surface area contributed by atoms with E-state index >= 15 is 0 Å². The number of aromatic carboxylic acids is 1. The Labute approximate surface area is 105 Å². The van der Waals surface area contributed by atoms with Gasteiger partial charge in [0.2, 0.25) is 0 Å². The third-order valence-electron chi connectivity index (χ3n) is 2.14. The summed E-state index contributed by atoms with van der Waals surface area (Å²) in [6, 6.07) is 6.80. The second-order valence-electron chi connectivity index (χ2n) is 3.33. The quantitative estimate of drug-likeness (QED) is 0.532. The molecule has 0 aromatic heterocycles. The molecule has 0 heterocycles. The Bertz CT molecular complexity index is 401. The average Bonchev–Trinajstić information content (AvgIpc) is 2.35. The maximum Gasteiger partial charge on any atom is 0.335 e. The van der Waals surface area contributed by atoms with Gasteiger partial charge in [0, 0.05) is 18.6 Å². The minimum absolute atomic E-state index is 0.298. The number of hydrogen-bond acceptors (Lipinski definition) is 4. The van der Waals surface area contributed by atoms with Gasteiger partial charge in [0.05, 0.1) is 5.56 Å². The molecule has 0 aliphatic rings.